The number of rotatable bonds is 2. The van der Waals surface area contributed by atoms with Crippen LogP contribution in [0.4, 0.5) is 10.2 Å². The Morgan fingerprint density at radius 2 is 1.88 bits per heavy atom. The van der Waals surface area contributed by atoms with Crippen molar-refractivity contribution in [2.45, 2.75) is 37.8 Å². The van der Waals surface area contributed by atoms with Gasteiger partial charge in [-0.25, -0.2) is 9.18 Å². The van der Waals surface area contributed by atoms with E-state index in [2.05, 4.69) is 10.3 Å². The van der Waals surface area contributed by atoms with Gasteiger partial charge in [0.2, 0.25) is 0 Å². The minimum atomic E-state index is -0.419. The van der Waals surface area contributed by atoms with E-state index in [9.17, 15) is 14.0 Å². The molecule has 3 heterocycles. The molecule has 1 aromatic carbocycles. The maximum atomic E-state index is 14.0. The first kappa shape index (κ1) is 16.1. The lowest BCUT2D eigenvalue weighted by atomic mass is 9.95. The quantitative estimate of drug-likeness (QED) is 0.874. The van der Waals surface area contributed by atoms with E-state index in [0.717, 1.165) is 0 Å². The van der Waals surface area contributed by atoms with Gasteiger partial charge in [0.25, 0.3) is 5.56 Å². The van der Waals surface area contributed by atoms with Crippen LogP contribution in [0.1, 0.15) is 42.5 Å². The second-order valence-electron chi connectivity index (χ2n) is 6.56. The van der Waals surface area contributed by atoms with E-state index in [-0.39, 0.29) is 23.5 Å². The lowest BCUT2D eigenvalue weighted by Crippen LogP contribution is -2.43. The van der Waals surface area contributed by atoms with Gasteiger partial charge in [-0.1, -0.05) is 18.2 Å². The number of benzene rings is 1. The number of halogens is 1. The van der Waals surface area contributed by atoms with Crippen molar-refractivity contribution in [2.75, 3.05) is 18.5 Å². The van der Waals surface area contributed by atoms with Crippen molar-refractivity contribution in [3.8, 4) is 0 Å². The molecule has 0 spiro atoms. The number of hydrogen-bond donors (Lipinski definition) is 2. The molecule has 1 atom stereocenters. The number of aromatic amines is 1. The number of fused-ring (bicyclic) bond motifs is 1. The average molecular weight is 345 g/mol. The molecule has 2 aromatic rings. The van der Waals surface area contributed by atoms with E-state index < -0.39 is 5.69 Å². The van der Waals surface area contributed by atoms with Crippen molar-refractivity contribution >= 4 is 5.82 Å². The molecule has 1 saturated heterocycles. The molecule has 132 valence electrons. The normalized spacial score (nSPS) is 20.8. The topological polar surface area (TPSA) is 76.1 Å². The summed E-state index contributed by atoms with van der Waals surface area (Å²) in [5.41, 5.74) is 0.448. The Labute approximate surface area is 143 Å². The first-order valence-corrected chi connectivity index (χ1v) is 8.61. The van der Waals surface area contributed by atoms with Crippen LogP contribution in [0.25, 0.3) is 0 Å². The third-order valence-corrected chi connectivity index (χ3v) is 5.07. The predicted molar refractivity (Wildman–Crippen MR) is 91.5 cm³/mol. The minimum Gasteiger partial charge on any atom is -0.381 e. The molecule has 1 unspecified atom stereocenters. The lowest BCUT2D eigenvalue weighted by Gasteiger charge is -2.29. The fourth-order valence-electron chi connectivity index (χ4n) is 3.74. The Morgan fingerprint density at radius 3 is 2.64 bits per heavy atom. The largest absolute Gasteiger partial charge is 0.381 e. The zero-order valence-electron chi connectivity index (χ0n) is 13.8. The summed E-state index contributed by atoms with van der Waals surface area (Å²) in [7, 11) is 0. The second-order valence-corrected chi connectivity index (χ2v) is 6.56. The summed E-state index contributed by atoms with van der Waals surface area (Å²) in [6, 6.07) is 6.17. The van der Waals surface area contributed by atoms with Crippen LogP contribution in [-0.4, -0.2) is 22.8 Å². The molecule has 2 aliphatic heterocycles. The Kier molecular flexibility index (Phi) is 4.17. The van der Waals surface area contributed by atoms with Crippen molar-refractivity contribution in [1.29, 1.82) is 0 Å². The number of anilines is 1. The van der Waals surface area contributed by atoms with E-state index in [1.54, 1.807) is 18.2 Å². The first-order valence-electron chi connectivity index (χ1n) is 8.61. The summed E-state index contributed by atoms with van der Waals surface area (Å²) in [4.78, 5) is 28.1. The third-order valence-electron chi connectivity index (χ3n) is 5.07. The molecular weight excluding hydrogens is 325 g/mol. The van der Waals surface area contributed by atoms with Gasteiger partial charge in [0.15, 0.2) is 0 Å². The lowest BCUT2D eigenvalue weighted by molar-refractivity contribution is 0.0673. The zero-order valence-corrected chi connectivity index (χ0v) is 13.8. The molecule has 25 heavy (non-hydrogen) atoms. The summed E-state index contributed by atoms with van der Waals surface area (Å²) in [5, 5.41) is 3.13. The van der Waals surface area contributed by atoms with E-state index in [1.807, 2.05) is 0 Å². The molecule has 1 aromatic heterocycles. The fourth-order valence-corrected chi connectivity index (χ4v) is 3.74. The number of ether oxygens (including phenoxy) is 1. The summed E-state index contributed by atoms with van der Waals surface area (Å²) in [5.74, 6) is 0.124. The molecule has 2 N–H and O–H groups in total. The molecule has 2 aliphatic rings. The van der Waals surface area contributed by atoms with Gasteiger partial charge in [-0.15, -0.1) is 0 Å². The second kappa shape index (κ2) is 6.48. The van der Waals surface area contributed by atoms with Crippen molar-refractivity contribution in [2.24, 2.45) is 0 Å². The monoisotopic (exact) mass is 345 g/mol. The summed E-state index contributed by atoms with van der Waals surface area (Å²) in [6.07, 6.45) is 2.42. The minimum absolute atomic E-state index is 0.125. The van der Waals surface area contributed by atoms with Crippen molar-refractivity contribution < 1.29 is 9.13 Å². The summed E-state index contributed by atoms with van der Waals surface area (Å²) in [6.45, 7) is 1.11. The highest BCUT2D eigenvalue weighted by molar-refractivity contribution is 5.48. The molecule has 0 bridgehead atoms. The average Bonchev–Trinajstić information content (AvgIpc) is 2.62. The third kappa shape index (κ3) is 2.89. The van der Waals surface area contributed by atoms with Crippen LogP contribution >= 0.6 is 0 Å². The number of nitrogens with one attached hydrogen (secondary N) is 2. The first-order chi connectivity index (χ1) is 12.1. The van der Waals surface area contributed by atoms with Crippen LogP contribution in [-0.2, 0) is 11.2 Å². The van der Waals surface area contributed by atoms with E-state index in [1.165, 1.54) is 10.6 Å². The number of nitrogens with zero attached hydrogens (tertiary/aromatic N) is 1. The smallest absolute Gasteiger partial charge is 0.330 e. The van der Waals surface area contributed by atoms with Gasteiger partial charge >= 0.3 is 5.69 Å². The van der Waals surface area contributed by atoms with Crippen LogP contribution in [0.5, 0.6) is 0 Å². The molecule has 0 saturated carbocycles. The fraction of sp³-hybridized carbons (Fsp3) is 0.444. The van der Waals surface area contributed by atoms with E-state index in [4.69, 9.17) is 4.74 Å². The van der Waals surface area contributed by atoms with Crippen LogP contribution in [0, 0.1) is 5.82 Å². The molecule has 0 radical (unpaired) electrons. The predicted octanol–water partition coefficient (Wildman–Crippen LogP) is 2.13. The molecule has 6 nitrogen and oxygen atoms in total. The van der Waals surface area contributed by atoms with Crippen LogP contribution in [0.3, 0.4) is 0 Å². The van der Waals surface area contributed by atoms with Crippen LogP contribution in [0.15, 0.2) is 33.9 Å². The van der Waals surface area contributed by atoms with Crippen molar-refractivity contribution in [1.82, 2.24) is 9.55 Å². The van der Waals surface area contributed by atoms with Crippen LogP contribution < -0.4 is 16.6 Å². The number of H-pyrrole nitrogens is 1. The maximum Gasteiger partial charge on any atom is 0.330 e. The molecule has 7 heteroatoms. The van der Waals surface area contributed by atoms with Gasteiger partial charge in [-0.05, 0) is 31.7 Å². The Balaban J connectivity index is 1.69. The molecular formula is C18H20FN3O3. The summed E-state index contributed by atoms with van der Waals surface area (Å²) >= 11 is 0. The highest BCUT2D eigenvalue weighted by Crippen LogP contribution is 2.30. The van der Waals surface area contributed by atoms with Crippen molar-refractivity contribution in [3.63, 3.8) is 0 Å². The van der Waals surface area contributed by atoms with Gasteiger partial charge in [-0.3, -0.25) is 14.3 Å². The van der Waals surface area contributed by atoms with E-state index in [0.29, 0.717) is 55.8 Å². The zero-order chi connectivity index (χ0) is 17.4. The molecule has 0 amide bonds. The standard InChI is InChI=1S/C18H20FN3O3/c19-14-4-2-1-3-12(14)15-6-5-13-16(20-15)21-18(24)22(17(13)23)11-7-9-25-10-8-11/h1-4,11,15,20H,5-10H2,(H,21,24). The van der Waals surface area contributed by atoms with E-state index >= 15 is 0 Å². The van der Waals surface area contributed by atoms with Gasteiger partial charge in [0.1, 0.15) is 11.6 Å². The number of aromatic nitrogens is 2. The SMILES string of the molecule is O=c1[nH]c2c(c(=O)n1C1CCOCC1)CCC(c1ccccc1F)N2. The Hall–Kier alpha value is -2.41. The Bertz CT molecular complexity index is 899. The highest BCUT2D eigenvalue weighted by atomic mass is 19.1. The Morgan fingerprint density at radius 1 is 1.12 bits per heavy atom. The molecule has 4 rings (SSSR count). The maximum absolute atomic E-state index is 14.0. The summed E-state index contributed by atoms with van der Waals surface area (Å²) < 4.78 is 20.7. The molecule has 1 fully saturated rings. The van der Waals surface area contributed by atoms with Gasteiger partial charge < -0.3 is 10.1 Å². The highest BCUT2D eigenvalue weighted by Gasteiger charge is 2.27. The molecule has 0 aliphatic carbocycles. The van der Waals surface area contributed by atoms with Gasteiger partial charge in [-0.2, -0.15) is 0 Å². The van der Waals surface area contributed by atoms with Gasteiger partial charge in [0, 0.05) is 24.8 Å². The van der Waals surface area contributed by atoms with Crippen molar-refractivity contribution in [3.05, 3.63) is 62.0 Å². The number of hydrogen-bond acceptors (Lipinski definition) is 4. The van der Waals surface area contributed by atoms with Crippen LogP contribution in [0.2, 0.25) is 0 Å². The van der Waals surface area contributed by atoms with Gasteiger partial charge in [0.05, 0.1) is 11.6 Å².